The van der Waals surface area contributed by atoms with E-state index >= 15 is 0 Å². The van der Waals surface area contributed by atoms with Gasteiger partial charge in [0.25, 0.3) is 5.91 Å². The third kappa shape index (κ3) is 7.97. The monoisotopic (exact) mass is 521 g/mol. The lowest BCUT2D eigenvalue weighted by Crippen LogP contribution is -2.30. The maximum absolute atomic E-state index is 14.1. The van der Waals surface area contributed by atoms with Gasteiger partial charge in [0, 0.05) is 18.8 Å². The number of hydrogen-bond donors (Lipinski definition) is 1. The molecule has 4 nitrogen and oxygen atoms in total. The summed E-state index contributed by atoms with van der Waals surface area (Å²) in [6, 6.07) is 16.2. The number of nitrogens with zero attached hydrogens (tertiary/aromatic N) is 2. The smallest absolute Gasteiger partial charge is 0.260 e. The molecular weight excluding hydrogens is 478 g/mol. The second-order valence-electron chi connectivity index (χ2n) is 9.59. The Balaban J connectivity index is 2.02. The van der Waals surface area contributed by atoms with Gasteiger partial charge in [0.2, 0.25) is 0 Å². The largest absolute Gasteiger partial charge is 0.372 e. The fourth-order valence-electron chi connectivity index (χ4n) is 4.73. The molecule has 1 N–H and O–H groups in total. The second kappa shape index (κ2) is 15.4. The van der Waals surface area contributed by atoms with Gasteiger partial charge in [-0.1, -0.05) is 94.1 Å². The van der Waals surface area contributed by atoms with E-state index in [1.165, 1.54) is 0 Å². The molecule has 0 unspecified atom stereocenters. The minimum Gasteiger partial charge on any atom is -0.372 e. The van der Waals surface area contributed by atoms with Crippen LogP contribution in [0, 0.1) is 0 Å². The highest BCUT2D eigenvalue weighted by molar-refractivity contribution is 6.03. The molecular formula is C35H43N3O. The van der Waals surface area contributed by atoms with Gasteiger partial charge >= 0.3 is 0 Å². The van der Waals surface area contributed by atoms with Crippen LogP contribution >= 0.6 is 0 Å². The number of fused-ring (bicyclic) bond motifs is 1. The van der Waals surface area contributed by atoms with Crippen molar-refractivity contribution in [3.8, 4) is 0 Å². The van der Waals surface area contributed by atoms with Crippen molar-refractivity contribution in [3.63, 3.8) is 0 Å². The molecule has 1 heterocycles. The summed E-state index contributed by atoms with van der Waals surface area (Å²) in [5.74, 6) is -0.0224. The number of benzene rings is 2. The minimum absolute atomic E-state index is 0.0224. The molecule has 0 saturated carbocycles. The number of anilines is 1. The number of hydrogen-bond acceptors (Lipinski definition) is 3. The maximum atomic E-state index is 14.1. The molecule has 2 aromatic rings. The fraction of sp³-hybridized carbons (Fsp3) is 0.286. The van der Waals surface area contributed by atoms with Crippen molar-refractivity contribution in [3.05, 3.63) is 132 Å². The van der Waals surface area contributed by atoms with Crippen LogP contribution in [0.5, 0.6) is 0 Å². The molecule has 0 saturated heterocycles. The average molecular weight is 522 g/mol. The van der Waals surface area contributed by atoms with Crippen LogP contribution in [0.3, 0.4) is 0 Å². The first-order valence-electron chi connectivity index (χ1n) is 14.1. The molecule has 0 radical (unpaired) electrons. The maximum Gasteiger partial charge on any atom is 0.260 e. The number of carbonyl (C=O) groups excluding carboxylic acids is 1. The molecule has 2 aromatic carbocycles. The van der Waals surface area contributed by atoms with E-state index in [0.717, 1.165) is 66.3 Å². The predicted octanol–water partition coefficient (Wildman–Crippen LogP) is 8.71. The van der Waals surface area contributed by atoms with Gasteiger partial charge in [0.05, 0.1) is 29.2 Å². The van der Waals surface area contributed by atoms with Crippen LogP contribution < -0.4 is 5.32 Å². The Kier molecular flexibility index (Phi) is 11.6. The van der Waals surface area contributed by atoms with Gasteiger partial charge in [-0.2, -0.15) is 0 Å². The van der Waals surface area contributed by atoms with Gasteiger partial charge in [-0.25, -0.2) is 0 Å². The van der Waals surface area contributed by atoms with E-state index in [1.807, 2.05) is 53.5 Å². The SMILES string of the molecule is C=CC/C=C1\C(=C/CC)Nc2ccc(/C=C/C=C(\C=C)N(CCC)CCC)cc2C(=O)N1Cc1ccccc1. The summed E-state index contributed by atoms with van der Waals surface area (Å²) in [6.07, 6.45) is 17.9. The predicted molar refractivity (Wildman–Crippen MR) is 167 cm³/mol. The van der Waals surface area contributed by atoms with Crippen molar-refractivity contribution < 1.29 is 4.79 Å². The molecule has 0 aliphatic carbocycles. The van der Waals surface area contributed by atoms with E-state index in [-0.39, 0.29) is 5.91 Å². The first kappa shape index (κ1) is 29.5. The Morgan fingerprint density at radius 1 is 1.00 bits per heavy atom. The van der Waals surface area contributed by atoms with E-state index in [0.29, 0.717) is 18.5 Å². The number of amides is 1. The van der Waals surface area contributed by atoms with Crippen molar-refractivity contribution >= 4 is 17.7 Å². The van der Waals surface area contributed by atoms with E-state index in [9.17, 15) is 4.79 Å². The van der Waals surface area contributed by atoms with Crippen molar-refractivity contribution in [2.75, 3.05) is 18.4 Å². The highest BCUT2D eigenvalue weighted by atomic mass is 16.2. The van der Waals surface area contributed by atoms with Crippen LogP contribution in [0.1, 0.15) is 67.9 Å². The lowest BCUT2D eigenvalue weighted by Gasteiger charge is -2.25. The summed E-state index contributed by atoms with van der Waals surface area (Å²) in [5.41, 5.74) is 6.46. The van der Waals surface area contributed by atoms with Crippen LogP contribution in [-0.4, -0.2) is 28.8 Å². The summed E-state index contributed by atoms with van der Waals surface area (Å²) < 4.78 is 0. The zero-order valence-corrected chi connectivity index (χ0v) is 23.8. The second-order valence-corrected chi connectivity index (χ2v) is 9.59. The summed E-state index contributed by atoms with van der Waals surface area (Å²) >= 11 is 0. The Labute approximate surface area is 235 Å². The molecule has 39 heavy (non-hydrogen) atoms. The zero-order valence-electron chi connectivity index (χ0n) is 23.8. The van der Waals surface area contributed by atoms with Gasteiger partial charge in [-0.3, -0.25) is 4.79 Å². The summed E-state index contributed by atoms with van der Waals surface area (Å²) in [6.45, 7) is 16.9. The quantitative estimate of drug-likeness (QED) is 0.211. The molecule has 1 aliphatic heterocycles. The molecule has 0 bridgehead atoms. The van der Waals surface area contributed by atoms with Crippen LogP contribution in [-0.2, 0) is 6.54 Å². The number of rotatable bonds is 13. The van der Waals surface area contributed by atoms with Crippen molar-refractivity contribution in [1.82, 2.24) is 9.80 Å². The highest BCUT2D eigenvalue weighted by Crippen LogP contribution is 2.32. The third-order valence-corrected chi connectivity index (χ3v) is 6.54. The van der Waals surface area contributed by atoms with Gasteiger partial charge in [0.15, 0.2) is 0 Å². The Morgan fingerprint density at radius 3 is 2.38 bits per heavy atom. The average Bonchev–Trinajstić information content (AvgIpc) is 3.05. The van der Waals surface area contributed by atoms with E-state index in [1.54, 1.807) is 0 Å². The Morgan fingerprint density at radius 2 is 1.74 bits per heavy atom. The van der Waals surface area contributed by atoms with Crippen LogP contribution in [0.25, 0.3) is 6.08 Å². The van der Waals surface area contributed by atoms with Gasteiger partial charge in [-0.05, 0) is 61.1 Å². The highest BCUT2D eigenvalue weighted by Gasteiger charge is 2.28. The molecule has 0 spiro atoms. The standard InChI is InChI=1S/C35H43N3O/c1-6-11-21-34-33(16-7-2)36-32-23-22-28(19-15-20-30(10-5)37(24-8-3)25-9-4)26-31(32)35(39)38(34)27-29-17-13-12-14-18-29/h6,10,12-23,26,36H,1,5,7-9,11,24-25,27H2,2-4H3/b19-15+,30-20+,33-16+,34-21+. The van der Waals surface area contributed by atoms with Crippen LogP contribution in [0.4, 0.5) is 5.69 Å². The summed E-state index contributed by atoms with van der Waals surface area (Å²) in [5, 5.41) is 3.56. The lowest BCUT2D eigenvalue weighted by atomic mass is 10.1. The lowest BCUT2D eigenvalue weighted by molar-refractivity contribution is 0.0802. The molecule has 3 rings (SSSR count). The molecule has 1 amide bonds. The fourth-order valence-corrected chi connectivity index (χ4v) is 4.73. The number of carbonyl (C=O) groups is 1. The summed E-state index contributed by atoms with van der Waals surface area (Å²) in [7, 11) is 0. The zero-order chi connectivity index (χ0) is 28.0. The minimum atomic E-state index is -0.0224. The number of allylic oxidation sites excluding steroid dienone is 6. The van der Waals surface area contributed by atoms with E-state index < -0.39 is 0 Å². The van der Waals surface area contributed by atoms with Crippen molar-refractivity contribution in [1.29, 1.82) is 0 Å². The first-order valence-corrected chi connectivity index (χ1v) is 14.1. The topological polar surface area (TPSA) is 35.6 Å². The Hall–Kier alpha value is -4.05. The van der Waals surface area contributed by atoms with Crippen molar-refractivity contribution in [2.24, 2.45) is 0 Å². The molecule has 4 heteroatoms. The molecule has 0 atom stereocenters. The molecule has 1 aliphatic rings. The van der Waals surface area contributed by atoms with E-state index in [2.05, 4.69) is 86.6 Å². The molecule has 204 valence electrons. The third-order valence-electron chi connectivity index (χ3n) is 6.54. The van der Waals surface area contributed by atoms with E-state index in [4.69, 9.17) is 0 Å². The molecule has 0 aromatic heterocycles. The van der Waals surface area contributed by atoms with Gasteiger partial charge in [-0.15, -0.1) is 6.58 Å². The number of nitrogens with one attached hydrogen (secondary N) is 1. The van der Waals surface area contributed by atoms with Crippen molar-refractivity contribution in [2.45, 2.75) is 53.0 Å². The Bertz CT molecular complexity index is 1240. The summed E-state index contributed by atoms with van der Waals surface area (Å²) in [4.78, 5) is 18.4. The molecule has 0 fully saturated rings. The van der Waals surface area contributed by atoms with Crippen LogP contribution in [0.2, 0.25) is 0 Å². The normalized spacial score (nSPS) is 15.8. The van der Waals surface area contributed by atoms with Gasteiger partial charge < -0.3 is 15.1 Å². The first-order chi connectivity index (χ1) is 19.1. The van der Waals surface area contributed by atoms with Gasteiger partial charge in [0.1, 0.15) is 0 Å². The van der Waals surface area contributed by atoms with Crippen LogP contribution in [0.15, 0.2) is 115 Å².